The van der Waals surface area contributed by atoms with E-state index in [0.29, 0.717) is 29.2 Å². The Balaban J connectivity index is 1.81. The number of benzene rings is 1. The predicted octanol–water partition coefficient (Wildman–Crippen LogP) is 1.69. The van der Waals surface area contributed by atoms with Crippen molar-refractivity contribution >= 4 is 34.6 Å². The van der Waals surface area contributed by atoms with Gasteiger partial charge in [0.05, 0.1) is 13.1 Å². The van der Waals surface area contributed by atoms with Gasteiger partial charge in [-0.25, -0.2) is 0 Å². The van der Waals surface area contributed by atoms with Gasteiger partial charge in [-0.15, -0.1) is 0 Å². The average molecular weight is 411 g/mol. The van der Waals surface area contributed by atoms with Crippen LogP contribution in [0.2, 0.25) is 0 Å². The number of imidazole rings is 1. The minimum atomic E-state index is -0.323. The molecule has 3 rings (SSSR count). The summed E-state index contributed by atoms with van der Waals surface area (Å²) in [6.45, 7) is 4.49. The molecule has 2 aromatic heterocycles. The molecule has 0 aliphatic carbocycles. The van der Waals surface area contributed by atoms with Crippen LogP contribution >= 0.6 is 0 Å². The average Bonchev–Trinajstić information content (AvgIpc) is 3.03. The maximum absolute atomic E-state index is 12.0. The summed E-state index contributed by atoms with van der Waals surface area (Å²) >= 11 is 0. The Bertz CT molecular complexity index is 1060. The van der Waals surface area contributed by atoms with E-state index in [0.717, 1.165) is 18.4 Å². The molecule has 0 spiro atoms. The lowest BCUT2D eigenvalue weighted by Crippen LogP contribution is -2.28. The van der Waals surface area contributed by atoms with E-state index in [1.54, 1.807) is 24.3 Å². The van der Waals surface area contributed by atoms with Crippen LogP contribution in [0.1, 0.15) is 42.6 Å². The van der Waals surface area contributed by atoms with Crippen LogP contribution in [0, 0.1) is 0 Å². The number of anilines is 2. The predicted molar refractivity (Wildman–Crippen MR) is 113 cm³/mol. The van der Waals surface area contributed by atoms with Crippen molar-refractivity contribution in [3.05, 3.63) is 35.4 Å². The molecule has 0 fully saturated rings. The number of carbonyl (C=O) groups is 2. The number of ketones is 1. The number of aromatic hydroxyl groups is 1. The highest BCUT2D eigenvalue weighted by Gasteiger charge is 2.17. The lowest BCUT2D eigenvalue weighted by atomic mass is 10.1. The number of fused-ring (bicyclic) bond motifs is 1. The van der Waals surface area contributed by atoms with Gasteiger partial charge < -0.3 is 21.5 Å². The summed E-state index contributed by atoms with van der Waals surface area (Å²) in [5.74, 6) is 0.126. The normalized spacial score (nSPS) is 10.9. The summed E-state index contributed by atoms with van der Waals surface area (Å²) < 4.78 is 1.53. The van der Waals surface area contributed by atoms with Gasteiger partial charge in [-0.1, -0.05) is 25.5 Å². The molecule has 0 saturated carbocycles. The van der Waals surface area contributed by atoms with Crippen LogP contribution in [0.5, 0.6) is 6.01 Å². The Kier molecular flexibility index (Phi) is 6.45. The van der Waals surface area contributed by atoms with E-state index in [-0.39, 0.29) is 36.6 Å². The number of hydrogen-bond donors (Lipinski definition) is 4. The van der Waals surface area contributed by atoms with Gasteiger partial charge in [0, 0.05) is 12.1 Å². The summed E-state index contributed by atoms with van der Waals surface area (Å²) in [6, 6.07) is 6.61. The summed E-state index contributed by atoms with van der Waals surface area (Å²) in [5.41, 5.74) is 8.00. The maximum Gasteiger partial charge on any atom is 0.296 e. The standard InChI is InChI=1S/C20H25N7O3/c1-3-4-9-22-19-25-16(21)15-17(26-19)27(20(30)24-15)11-13-5-7-14(8-6-13)18(29)23-10-12(2)28/h5-8H,3-4,9-11H2,1-2H3,(H,23,29)(H,24,30)(H3,21,22,25,26). The van der Waals surface area contributed by atoms with Crippen molar-refractivity contribution in [2.24, 2.45) is 0 Å². The third kappa shape index (κ3) is 4.83. The van der Waals surface area contributed by atoms with Crippen molar-refractivity contribution in [2.75, 3.05) is 24.1 Å². The van der Waals surface area contributed by atoms with Crippen LogP contribution in [0.15, 0.2) is 24.3 Å². The fourth-order valence-electron chi connectivity index (χ4n) is 2.86. The molecule has 0 saturated heterocycles. The van der Waals surface area contributed by atoms with Crippen molar-refractivity contribution in [1.82, 2.24) is 24.8 Å². The minimum Gasteiger partial charge on any atom is -0.480 e. The molecule has 2 heterocycles. The number of nitrogens with zero attached hydrogens (tertiary/aromatic N) is 4. The van der Waals surface area contributed by atoms with E-state index in [1.807, 2.05) is 0 Å². The summed E-state index contributed by atoms with van der Waals surface area (Å²) in [4.78, 5) is 35.8. The van der Waals surface area contributed by atoms with Gasteiger partial charge in [0.25, 0.3) is 11.9 Å². The van der Waals surface area contributed by atoms with Crippen molar-refractivity contribution in [1.29, 1.82) is 0 Å². The Labute approximate surface area is 173 Å². The number of nitrogens with two attached hydrogens (primary N) is 1. The Morgan fingerprint density at radius 1 is 1.17 bits per heavy atom. The van der Waals surface area contributed by atoms with E-state index in [1.165, 1.54) is 11.5 Å². The molecule has 1 aromatic carbocycles. The second-order valence-electron chi connectivity index (χ2n) is 6.96. The zero-order valence-electron chi connectivity index (χ0n) is 17.0. The molecular formula is C20H25N7O3. The highest BCUT2D eigenvalue weighted by Crippen LogP contribution is 2.25. The number of nitrogen functional groups attached to an aromatic ring is 1. The van der Waals surface area contributed by atoms with E-state index in [9.17, 15) is 14.7 Å². The van der Waals surface area contributed by atoms with Crippen LogP contribution in [0.25, 0.3) is 11.2 Å². The van der Waals surface area contributed by atoms with E-state index in [4.69, 9.17) is 5.73 Å². The van der Waals surface area contributed by atoms with Gasteiger partial charge in [0.15, 0.2) is 17.0 Å². The van der Waals surface area contributed by atoms with Crippen LogP contribution in [-0.4, -0.2) is 49.4 Å². The Hall–Kier alpha value is -3.69. The first-order valence-corrected chi connectivity index (χ1v) is 9.72. The SMILES string of the molecule is CCCCNc1nc(N)c2nc(O)n(Cc3ccc(C(=O)NCC(C)=O)cc3)c2n1. The summed E-state index contributed by atoms with van der Waals surface area (Å²) in [6.07, 6.45) is 2.00. The number of aromatic nitrogens is 4. The molecule has 10 heteroatoms. The molecule has 0 radical (unpaired) electrons. The van der Waals surface area contributed by atoms with Crippen LogP contribution in [-0.2, 0) is 11.3 Å². The second kappa shape index (κ2) is 9.21. The molecule has 0 aliphatic heterocycles. The molecule has 10 nitrogen and oxygen atoms in total. The largest absolute Gasteiger partial charge is 0.480 e. The van der Waals surface area contributed by atoms with Gasteiger partial charge in [-0.3, -0.25) is 14.2 Å². The first kappa shape index (κ1) is 21.0. The molecule has 30 heavy (non-hydrogen) atoms. The number of unbranched alkanes of at least 4 members (excludes halogenated alkanes) is 1. The summed E-state index contributed by atoms with van der Waals surface area (Å²) in [5, 5.41) is 16.0. The number of Topliss-reactive ketones (excluding diaryl/α,β-unsaturated/α-hetero) is 1. The topological polar surface area (TPSA) is 148 Å². The van der Waals surface area contributed by atoms with Crippen LogP contribution in [0.4, 0.5) is 11.8 Å². The fourth-order valence-corrected chi connectivity index (χ4v) is 2.86. The number of rotatable bonds is 9. The first-order valence-electron chi connectivity index (χ1n) is 9.72. The fraction of sp³-hybridized carbons (Fsp3) is 0.350. The van der Waals surface area contributed by atoms with E-state index >= 15 is 0 Å². The molecule has 0 atom stereocenters. The quantitative estimate of drug-likeness (QED) is 0.389. The molecular weight excluding hydrogens is 386 g/mol. The molecule has 0 bridgehead atoms. The summed E-state index contributed by atoms with van der Waals surface area (Å²) in [7, 11) is 0. The Morgan fingerprint density at radius 3 is 2.57 bits per heavy atom. The minimum absolute atomic E-state index is 0.00870. The van der Waals surface area contributed by atoms with Crippen molar-refractivity contribution in [2.45, 2.75) is 33.2 Å². The molecule has 0 aliphatic rings. The third-order valence-corrected chi connectivity index (χ3v) is 4.47. The van der Waals surface area contributed by atoms with E-state index in [2.05, 4.69) is 32.5 Å². The number of carbonyl (C=O) groups excluding carboxylic acids is 2. The lowest BCUT2D eigenvalue weighted by molar-refractivity contribution is -0.116. The van der Waals surface area contributed by atoms with Gasteiger partial charge in [0.1, 0.15) is 5.78 Å². The van der Waals surface area contributed by atoms with E-state index < -0.39 is 0 Å². The van der Waals surface area contributed by atoms with Gasteiger partial charge >= 0.3 is 0 Å². The van der Waals surface area contributed by atoms with Gasteiger partial charge in [0.2, 0.25) is 5.95 Å². The number of amides is 1. The molecule has 0 unspecified atom stereocenters. The highest BCUT2D eigenvalue weighted by molar-refractivity contribution is 5.96. The van der Waals surface area contributed by atoms with Crippen molar-refractivity contribution < 1.29 is 14.7 Å². The number of hydrogen-bond acceptors (Lipinski definition) is 8. The van der Waals surface area contributed by atoms with Gasteiger partial charge in [-0.05, 0) is 31.0 Å². The highest BCUT2D eigenvalue weighted by atomic mass is 16.3. The third-order valence-electron chi connectivity index (χ3n) is 4.47. The van der Waals surface area contributed by atoms with Crippen LogP contribution in [0.3, 0.4) is 0 Å². The maximum atomic E-state index is 12.0. The molecule has 5 N–H and O–H groups in total. The molecule has 3 aromatic rings. The monoisotopic (exact) mass is 411 g/mol. The molecule has 1 amide bonds. The molecule has 158 valence electrons. The first-order chi connectivity index (χ1) is 14.4. The smallest absolute Gasteiger partial charge is 0.296 e. The second-order valence-corrected chi connectivity index (χ2v) is 6.96. The zero-order chi connectivity index (χ0) is 21.7. The van der Waals surface area contributed by atoms with Crippen molar-refractivity contribution in [3.8, 4) is 6.01 Å². The zero-order valence-corrected chi connectivity index (χ0v) is 17.0. The number of nitrogens with one attached hydrogen (secondary N) is 2. The van der Waals surface area contributed by atoms with Gasteiger partial charge in [-0.2, -0.15) is 15.0 Å². The lowest BCUT2D eigenvalue weighted by Gasteiger charge is -2.09. The van der Waals surface area contributed by atoms with Crippen molar-refractivity contribution in [3.63, 3.8) is 0 Å². The van der Waals surface area contributed by atoms with Crippen LogP contribution < -0.4 is 16.4 Å². The Morgan fingerprint density at radius 2 is 1.90 bits per heavy atom.